The van der Waals surface area contributed by atoms with Crippen LogP contribution in [0.5, 0.6) is 0 Å². The zero-order valence-electron chi connectivity index (χ0n) is 39.6. The van der Waals surface area contributed by atoms with E-state index >= 15 is 0 Å². The van der Waals surface area contributed by atoms with Gasteiger partial charge in [-0.05, 0) is 109 Å². The van der Waals surface area contributed by atoms with E-state index in [-0.39, 0.29) is 20.1 Å². The number of pyridine rings is 3. The average molecular weight is 1110 g/mol. The first-order valence-corrected chi connectivity index (χ1v) is 24.1. The van der Waals surface area contributed by atoms with Crippen LogP contribution in [0.4, 0.5) is 0 Å². The third kappa shape index (κ3) is 9.91. The molecule has 0 fully saturated rings. The van der Waals surface area contributed by atoms with Crippen LogP contribution in [0.2, 0.25) is 0 Å². The van der Waals surface area contributed by atoms with E-state index in [9.17, 15) is 0 Å². The number of hydrogen-bond donors (Lipinski definition) is 0. The summed E-state index contributed by atoms with van der Waals surface area (Å²) in [4.78, 5) is 14.2. The Hall–Kier alpha value is -8.92. The molecular formula is C69H44IrN3. The predicted molar refractivity (Wildman–Crippen MR) is 296 cm³/mol. The molecule has 0 radical (unpaired) electrons. The molecule has 0 saturated heterocycles. The van der Waals surface area contributed by atoms with E-state index in [4.69, 9.17) is 4.98 Å². The molecule has 9 aromatic carbocycles. The van der Waals surface area contributed by atoms with E-state index in [1.54, 1.807) is 0 Å². The summed E-state index contributed by atoms with van der Waals surface area (Å²) in [5.74, 6) is 0. The van der Waals surface area contributed by atoms with Crippen molar-refractivity contribution in [1.29, 1.82) is 0 Å². The molecule has 3 heterocycles. The van der Waals surface area contributed by atoms with Gasteiger partial charge in [0.2, 0.25) is 0 Å². The smallest absolute Gasteiger partial charge is 0.305 e. The van der Waals surface area contributed by atoms with E-state index in [0.29, 0.717) is 0 Å². The normalized spacial score (nSPS) is 10.9. The average Bonchev–Trinajstić information content (AvgIpc) is 3.48. The molecule has 0 unspecified atom stereocenters. The van der Waals surface area contributed by atoms with Crippen molar-refractivity contribution in [3.8, 4) is 123 Å². The van der Waals surface area contributed by atoms with Crippen molar-refractivity contribution in [2.45, 2.75) is 0 Å². The summed E-state index contributed by atoms with van der Waals surface area (Å²) < 4.78 is 0. The Morgan fingerprint density at radius 3 is 1.08 bits per heavy atom. The zero-order valence-corrected chi connectivity index (χ0v) is 42.0. The van der Waals surface area contributed by atoms with Crippen molar-refractivity contribution in [3.63, 3.8) is 0 Å². The van der Waals surface area contributed by atoms with Crippen LogP contribution in [0.3, 0.4) is 0 Å². The van der Waals surface area contributed by atoms with Gasteiger partial charge in [0.1, 0.15) is 0 Å². The number of aromatic nitrogens is 3. The van der Waals surface area contributed by atoms with Gasteiger partial charge in [-0.2, -0.15) is 0 Å². The Balaban J connectivity index is 0.00000574. The number of benzene rings is 9. The maximum Gasteiger partial charge on any atom is 3.00 e. The van der Waals surface area contributed by atoms with E-state index in [2.05, 4.69) is 228 Å². The Morgan fingerprint density at radius 1 is 0.247 bits per heavy atom. The van der Waals surface area contributed by atoms with Crippen molar-refractivity contribution >= 4 is 0 Å². The monoisotopic (exact) mass is 1110 g/mol. The molecule has 3 aromatic heterocycles. The molecular weight excluding hydrogens is 1060 g/mol. The second kappa shape index (κ2) is 21.2. The molecule has 0 amide bonds. The third-order valence-corrected chi connectivity index (χ3v) is 13.3. The van der Waals surface area contributed by atoms with Crippen molar-refractivity contribution in [1.82, 2.24) is 15.0 Å². The first kappa shape index (κ1) is 46.5. The Labute approximate surface area is 440 Å². The minimum absolute atomic E-state index is 0. The first-order chi connectivity index (χ1) is 35.7. The molecule has 12 aromatic rings. The fourth-order valence-corrected chi connectivity index (χ4v) is 9.59. The van der Waals surface area contributed by atoms with Crippen molar-refractivity contribution < 1.29 is 20.1 Å². The summed E-state index contributed by atoms with van der Waals surface area (Å²) in [6.07, 6.45) is 5.63. The molecule has 344 valence electrons. The molecule has 0 N–H and O–H groups in total. The summed E-state index contributed by atoms with van der Waals surface area (Å²) in [5, 5.41) is 0. The molecule has 4 heteroatoms. The Morgan fingerprint density at radius 2 is 0.644 bits per heavy atom. The van der Waals surface area contributed by atoms with Gasteiger partial charge >= 0.3 is 20.1 Å². The quantitative estimate of drug-likeness (QED) is 0.121. The zero-order chi connectivity index (χ0) is 48.1. The van der Waals surface area contributed by atoms with Crippen LogP contribution < -0.4 is 0 Å². The van der Waals surface area contributed by atoms with Crippen molar-refractivity contribution in [2.24, 2.45) is 0 Å². The van der Waals surface area contributed by atoms with E-state index in [1.807, 2.05) is 67.1 Å². The second-order valence-electron chi connectivity index (χ2n) is 17.7. The number of hydrogen-bond acceptors (Lipinski definition) is 3. The van der Waals surface area contributed by atoms with Gasteiger partial charge in [-0.25, -0.2) is 0 Å². The van der Waals surface area contributed by atoms with E-state index in [1.165, 1.54) is 11.1 Å². The third-order valence-electron chi connectivity index (χ3n) is 13.3. The SMILES string of the molecule is [Ir+3].[c-]1cc(-c2ccccc2-c2cc(-c3ccccc3-c3c[c-]c(-c4ccccn4)cc3)cc(-c3ccccc3-c3ccc(-c4[c-]ccc(-c5ccc(-c6ccccc6)cc5)c4)nc3)c2)ccc1-c1ccccn1. The van der Waals surface area contributed by atoms with E-state index < -0.39 is 0 Å². The summed E-state index contributed by atoms with van der Waals surface area (Å²) in [7, 11) is 0. The second-order valence-corrected chi connectivity index (χ2v) is 17.7. The van der Waals surface area contributed by atoms with Gasteiger partial charge in [0.05, 0.1) is 0 Å². The Kier molecular flexibility index (Phi) is 13.5. The summed E-state index contributed by atoms with van der Waals surface area (Å²) in [6, 6.07) is 97.9. The minimum atomic E-state index is 0. The minimum Gasteiger partial charge on any atom is -0.305 e. The first-order valence-electron chi connectivity index (χ1n) is 24.1. The van der Waals surface area contributed by atoms with Gasteiger partial charge in [-0.15, -0.1) is 95.1 Å². The molecule has 0 aliphatic heterocycles. The van der Waals surface area contributed by atoms with Crippen molar-refractivity contribution in [3.05, 3.63) is 286 Å². The molecule has 0 aliphatic rings. The van der Waals surface area contributed by atoms with Gasteiger partial charge in [-0.1, -0.05) is 186 Å². The van der Waals surface area contributed by atoms with Crippen molar-refractivity contribution in [2.75, 3.05) is 0 Å². The maximum absolute atomic E-state index is 5.08. The molecule has 12 rings (SSSR count). The number of rotatable bonds is 11. The summed E-state index contributed by atoms with van der Waals surface area (Å²) in [6.45, 7) is 0. The topological polar surface area (TPSA) is 38.7 Å². The van der Waals surface area contributed by atoms with Crippen LogP contribution >= 0.6 is 0 Å². The molecule has 0 spiro atoms. The van der Waals surface area contributed by atoms with Crippen LogP contribution in [0.1, 0.15) is 0 Å². The fourth-order valence-electron chi connectivity index (χ4n) is 9.59. The van der Waals surface area contributed by atoms with Crippen LogP contribution in [0.15, 0.2) is 267 Å². The standard InChI is InChI=1S/C69H44N3.Ir/c1-2-15-48(16-3-1)49-27-29-50(30-28-49)55-17-14-18-56(43-55)69-40-39-57(47-72-69)63-21-6-9-24-66(63)60-45-58(64-22-7-4-19-61(64)51-31-35-53(36-32-51)67-25-10-12-41-70-67)44-59(46-60)65-23-8-5-20-62(65)52-33-37-54(38-34-52)68-26-11-13-42-71-68;/h1-17,19-35,37,39-47H;/q-3;+3. The summed E-state index contributed by atoms with van der Waals surface area (Å²) >= 11 is 0. The van der Waals surface area contributed by atoms with Gasteiger partial charge in [0.15, 0.2) is 0 Å². The van der Waals surface area contributed by atoms with Crippen LogP contribution in [0.25, 0.3) is 123 Å². The van der Waals surface area contributed by atoms with Gasteiger partial charge in [0.25, 0.3) is 0 Å². The molecule has 0 saturated carbocycles. The molecule has 0 bridgehead atoms. The van der Waals surface area contributed by atoms with E-state index in [0.717, 1.165) is 112 Å². The van der Waals surface area contributed by atoms with Crippen LogP contribution in [-0.4, -0.2) is 15.0 Å². The van der Waals surface area contributed by atoms with Crippen LogP contribution in [0, 0.1) is 18.2 Å². The predicted octanol–water partition coefficient (Wildman–Crippen LogP) is 17.6. The number of nitrogens with zero attached hydrogens (tertiary/aromatic N) is 3. The summed E-state index contributed by atoms with van der Waals surface area (Å²) in [5.41, 5.74) is 23.4. The molecule has 0 aliphatic carbocycles. The maximum atomic E-state index is 5.08. The van der Waals surface area contributed by atoms with Gasteiger partial charge in [0, 0.05) is 18.6 Å². The van der Waals surface area contributed by atoms with Gasteiger partial charge in [-0.3, -0.25) is 0 Å². The Bertz CT molecular complexity index is 3660. The largest absolute Gasteiger partial charge is 3.00 e. The van der Waals surface area contributed by atoms with Gasteiger partial charge < -0.3 is 15.0 Å². The fraction of sp³-hybridized carbons (Fsp3) is 0. The molecule has 0 atom stereocenters. The van der Waals surface area contributed by atoms with Crippen LogP contribution in [-0.2, 0) is 20.1 Å². The molecule has 3 nitrogen and oxygen atoms in total. The molecule has 73 heavy (non-hydrogen) atoms.